The van der Waals surface area contributed by atoms with E-state index in [-0.39, 0.29) is 12.7 Å². The number of pyridine rings is 1. The molecule has 2 aromatic heterocycles. The summed E-state index contributed by atoms with van der Waals surface area (Å²) >= 11 is 0. The number of benzene rings is 1. The molecule has 3 aromatic rings. The summed E-state index contributed by atoms with van der Waals surface area (Å²) in [5.41, 5.74) is 2.41. The van der Waals surface area contributed by atoms with E-state index in [1.54, 1.807) is 30.6 Å². The molecule has 8 heteroatoms. The smallest absolute Gasteiger partial charge is 0.254 e. The molecular weight excluding hydrogens is 370 g/mol. The highest BCUT2D eigenvalue weighted by molar-refractivity contribution is 5.95. The van der Waals surface area contributed by atoms with E-state index in [0.717, 1.165) is 17.1 Å². The molecule has 0 spiro atoms. The molecule has 0 unspecified atom stereocenters. The topological polar surface area (TPSA) is 80.7 Å². The Morgan fingerprint density at radius 3 is 2.41 bits per heavy atom. The van der Waals surface area contributed by atoms with Crippen LogP contribution in [0.15, 0.2) is 54.9 Å². The van der Waals surface area contributed by atoms with Crippen molar-refractivity contribution in [3.05, 3.63) is 60.4 Å². The second-order valence-corrected chi connectivity index (χ2v) is 6.86. The van der Waals surface area contributed by atoms with Crippen LogP contribution in [0.25, 0.3) is 11.3 Å². The van der Waals surface area contributed by atoms with Crippen molar-refractivity contribution in [2.24, 2.45) is 0 Å². The van der Waals surface area contributed by atoms with Crippen molar-refractivity contribution in [3.8, 4) is 22.8 Å². The normalized spacial score (nSPS) is 15.4. The number of carbonyl (C=O) groups excluding carboxylic acids is 1. The summed E-state index contributed by atoms with van der Waals surface area (Å²) in [6.07, 6.45) is 3.47. The lowest BCUT2D eigenvalue weighted by Crippen LogP contribution is -2.49. The first-order valence-electron chi connectivity index (χ1n) is 9.46. The van der Waals surface area contributed by atoms with Gasteiger partial charge in [-0.3, -0.25) is 9.78 Å². The molecule has 2 aliphatic heterocycles. The molecule has 8 nitrogen and oxygen atoms in total. The lowest BCUT2D eigenvalue weighted by atomic mass is 10.1. The quantitative estimate of drug-likeness (QED) is 0.679. The molecule has 0 aliphatic carbocycles. The van der Waals surface area contributed by atoms with E-state index in [9.17, 15) is 4.79 Å². The van der Waals surface area contributed by atoms with Crippen LogP contribution in [0.2, 0.25) is 0 Å². The average molecular weight is 389 g/mol. The van der Waals surface area contributed by atoms with Gasteiger partial charge in [0.2, 0.25) is 6.79 Å². The molecule has 1 amide bonds. The first-order valence-corrected chi connectivity index (χ1v) is 9.46. The van der Waals surface area contributed by atoms with Crippen molar-refractivity contribution in [3.63, 3.8) is 0 Å². The third-order valence-corrected chi connectivity index (χ3v) is 5.14. The zero-order chi connectivity index (χ0) is 19.6. The Balaban J connectivity index is 1.23. The summed E-state index contributed by atoms with van der Waals surface area (Å²) in [6.45, 7) is 2.87. The highest BCUT2D eigenvalue weighted by Crippen LogP contribution is 2.33. The van der Waals surface area contributed by atoms with Gasteiger partial charge in [-0.25, -0.2) is 0 Å². The number of nitrogens with zero attached hydrogens (tertiary/aromatic N) is 5. The van der Waals surface area contributed by atoms with Crippen LogP contribution in [-0.2, 0) is 0 Å². The summed E-state index contributed by atoms with van der Waals surface area (Å²) in [5, 5.41) is 8.70. The van der Waals surface area contributed by atoms with E-state index >= 15 is 0 Å². The third kappa shape index (κ3) is 3.44. The Bertz CT molecular complexity index is 1020. The van der Waals surface area contributed by atoms with Gasteiger partial charge in [0.15, 0.2) is 17.3 Å². The van der Waals surface area contributed by atoms with Gasteiger partial charge >= 0.3 is 0 Å². The van der Waals surface area contributed by atoms with Crippen molar-refractivity contribution in [1.82, 2.24) is 20.1 Å². The second-order valence-electron chi connectivity index (χ2n) is 6.86. The summed E-state index contributed by atoms with van der Waals surface area (Å²) < 4.78 is 10.7. The molecule has 2 aliphatic rings. The van der Waals surface area contributed by atoms with E-state index in [0.29, 0.717) is 43.2 Å². The van der Waals surface area contributed by atoms with Crippen LogP contribution in [0.5, 0.6) is 11.5 Å². The van der Waals surface area contributed by atoms with Crippen LogP contribution in [0, 0.1) is 0 Å². The number of fused-ring (bicyclic) bond motifs is 1. The average Bonchev–Trinajstić information content (AvgIpc) is 3.27. The van der Waals surface area contributed by atoms with Crippen LogP contribution in [0.4, 0.5) is 5.82 Å². The predicted molar refractivity (Wildman–Crippen MR) is 106 cm³/mol. The van der Waals surface area contributed by atoms with Crippen LogP contribution in [0.3, 0.4) is 0 Å². The molecular formula is C21H19N5O3. The minimum Gasteiger partial charge on any atom is -0.454 e. The fourth-order valence-electron chi connectivity index (χ4n) is 3.52. The molecule has 1 saturated heterocycles. The van der Waals surface area contributed by atoms with Gasteiger partial charge < -0.3 is 19.3 Å². The fourth-order valence-corrected chi connectivity index (χ4v) is 3.52. The van der Waals surface area contributed by atoms with Crippen molar-refractivity contribution in [1.29, 1.82) is 0 Å². The number of hydrogen-bond donors (Lipinski definition) is 0. The van der Waals surface area contributed by atoms with E-state index in [2.05, 4.69) is 20.1 Å². The zero-order valence-corrected chi connectivity index (χ0v) is 15.7. The molecule has 1 aromatic carbocycles. The highest BCUT2D eigenvalue weighted by atomic mass is 16.7. The van der Waals surface area contributed by atoms with E-state index < -0.39 is 0 Å². The largest absolute Gasteiger partial charge is 0.454 e. The van der Waals surface area contributed by atoms with Crippen molar-refractivity contribution < 1.29 is 14.3 Å². The number of ether oxygens (including phenoxy) is 2. The monoisotopic (exact) mass is 389 g/mol. The fraction of sp³-hybridized carbons (Fsp3) is 0.238. The minimum absolute atomic E-state index is 0.00192. The molecule has 0 atom stereocenters. The van der Waals surface area contributed by atoms with Crippen LogP contribution < -0.4 is 14.4 Å². The first kappa shape index (κ1) is 17.4. The predicted octanol–water partition coefficient (Wildman–Crippen LogP) is 2.23. The Labute approximate surface area is 167 Å². The lowest BCUT2D eigenvalue weighted by Gasteiger charge is -2.35. The molecule has 0 radical (unpaired) electrons. The van der Waals surface area contributed by atoms with E-state index in [1.165, 1.54) is 0 Å². The first-order chi connectivity index (χ1) is 14.3. The summed E-state index contributed by atoms with van der Waals surface area (Å²) in [7, 11) is 0. The molecule has 1 fully saturated rings. The number of anilines is 1. The third-order valence-electron chi connectivity index (χ3n) is 5.14. The molecule has 0 N–H and O–H groups in total. The zero-order valence-electron chi connectivity index (χ0n) is 15.7. The van der Waals surface area contributed by atoms with E-state index in [4.69, 9.17) is 9.47 Å². The SMILES string of the molecule is O=C(c1ccc2c(c1)OCO2)N1CCN(c2ccc(-c3ccncc3)nn2)CC1. The van der Waals surface area contributed by atoms with Crippen LogP contribution >= 0.6 is 0 Å². The molecule has 4 heterocycles. The van der Waals surface area contributed by atoms with Gasteiger partial charge in [0.25, 0.3) is 5.91 Å². The number of aromatic nitrogens is 3. The number of rotatable bonds is 3. The molecule has 5 rings (SSSR count). The van der Waals surface area contributed by atoms with Crippen molar-refractivity contribution >= 4 is 11.7 Å². The van der Waals surface area contributed by atoms with Gasteiger partial charge in [0.1, 0.15) is 0 Å². The maximum Gasteiger partial charge on any atom is 0.254 e. The Morgan fingerprint density at radius 1 is 0.862 bits per heavy atom. The standard InChI is InChI=1S/C21H19N5O3/c27-21(16-1-3-18-19(13-16)29-14-28-18)26-11-9-25(10-12-26)20-4-2-17(23-24-20)15-5-7-22-8-6-15/h1-8,13H,9-12,14H2. The molecule has 29 heavy (non-hydrogen) atoms. The number of piperazine rings is 1. The van der Waals surface area contributed by atoms with Gasteiger partial charge in [-0.05, 0) is 42.5 Å². The van der Waals surface area contributed by atoms with Gasteiger partial charge in [-0.2, -0.15) is 0 Å². The van der Waals surface area contributed by atoms with E-state index in [1.807, 2.05) is 29.2 Å². The van der Waals surface area contributed by atoms with Gasteiger partial charge in [-0.15, -0.1) is 10.2 Å². The summed E-state index contributed by atoms with van der Waals surface area (Å²) in [4.78, 5) is 20.8. The summed E-state index contributed by atoms with van der Waals surface area (Å²) in [5.74, 6) is 2.12. The van der Waals surface area contributed by atoms with Crippen molar-refractivity contribution in [2.75, 3.05) is 37.9 Å². The van der Waals surface area contributed by atoms with Crippen molar-refractivity contribution in [2.45, 2.75) is 0 Å². The Kier molecular flexibility index (Phi) is 4.44. The molecule has 0 bridgehead atoms. The summed E-state index contributed by atoms with van der Waals surface area (Å²) in [6, 6.07) is 13.1. The minimum atomic E-state index is 0.00192. The molecule has 146 valence electrons. The number of amides is 1. The van der Waals surface area contributed by atoms with Gasteiger partial charge in [0.05, 0.1) is 5.69 Å². The maximum atomic E-state index is 12.8. The highest BCUT2D eigenvalue weighted by Gasteiger charge is 2.24. The maximum absolute atomic E-state index is 12.8. The number of hydrogen-bond acceptors (Lipinski definition) is 7. The lowest BCUT2D eigenvalue weighted by molar-refractivity contribution is 0.0746. The van der Waals surface area contributed by atoms with Crippen LogP contribution in [-0.4, -0.2) is 59.0 Å². The Hall–Kier alpha value is -3.68. The van der Waals surface area contributed by atoms with Gasteiger partial charge in [-0.1, -0.05) is 0 Å². The van der Waals surface area contributed by atoms with Crippen LogP contribution in [0.1, 0.15) is 10.4 Å². The molecule has 0 saturated carbocycles. The van der Waals surface area contributed by atoms with Gasteiger partial charge in [0, 0.05) is 49.7 Å². The Morgan fingerprint density at radius 2 is 1.66 bits per heavy atom. The second kappa shape index (κ2) is 7.38. The number of carbonyl (C=O) groups is 1.